The molecule has 0 radical (unpaired) electrons. The van der Waals surface area contributed by atoms with Gasteiger partial charge in [0.15, 0.2) is 0 Å². The molecule has 0 aliphatic carbocycles. The molecular weight excluding hydrogens is 237 g/mol. The molecule has 96 valence electrons. The third-order valence-electron chi connectivity index (χ3n) is 3.21. The molecule has 1 aromatic carbocycles. The molecule has 18 heavy (non-hydrogen) atoms. The van der Waals surface area contributed by atoms with Gasteiger partial charge in [-0.3, -0.25) is 9.59 Å². The summed E-state index contributed by atoms with van der Waals surface area (Å²) >= 11 is 0. The van der Waals surface area contributed by atoms with Crippen LogP contribution in [0.25, 0.3) is 0 Å². The van der Waals surface area contributed by atoms with Crippen LogP contribution in [0.3, 0.4) is 0 Å². The lowest BCUT2D eigenvalue weighted by atomic mass is 9.96. The summed E-state index contributed by atoms with van der Waals surface area (Å²) in [4.78, 5) is 24.3. The minimum atomic E-state index is -0.896. The smallest absolute Gasteiger partial charge is 0.308 e. The second-order valence-electron chi connectivity index (χ2n) is 4.51. The number of aliphatic carboxylic acids is 1. The zero-order chi connectivity index (χ0) is 13.3. The van der Waals surface area contributed by atoms with Crippen molar-refractivity contribution in [3.05, 3.63) is 29.6 Å². The number of aryl methyl sites for hydroxylation is 1. The average Bonchev–Trinajstić information content (AvgIpc) is 2.30. The standard InChI is InChI=1S/C13H14FNO3/c1-8-6-10(14)3-4-11(8)15-7-9(13(17)18)2-5-12(15)16/h3-4,6,9H,2,5,7H2,1H3,(H,17,18). The maximum Gasteiger partial charge on any atom is 0.308 e. The Morgan fingerprint density at radius 3 is 2.83 bits per heavy atom. The number of hydrogen-bond donors (Lipinski definition) is 1. The van der Waals surface area contributed by atoms with Crippen molar-refractivity contribution < 1.29 is 19.1 Å². The van der Waals surface area contributed by atoms with Crippen molar-refractivity contribution in [1.82, 2.24) is 0 Å². The van der Waals surface area contributed by atoms with Gasteiger partial charge in [0.25, 0.3) is 0 Å². The van der Waals surface area contributed by atoms with Gasteiger partial charge in [-0.05, 0) is 37.1 Å². The second kappa shape index (κ2) is 4.76. The molecule has 1 atom stereocenters. The highest BCUT2D eigenvalue weighted by Gasteiger charge is 2.31. The highest BCUT2D eigenvalue weighted by atomic mass is 19.1. The van der Waals surface area contributed by atoms with Gasteiger partial charge in [0.1, 0.15) is 5.82 Å². The number of carboxylic acid groups (broad SMARTS) is 1. The average molecular weight is 251 g/mol. The summed E-state index contributed by atoms with van der Waals surface area (Å²) in [5.74, 6) is -1.92. The Morgan fingerprint density at radius 1 is 1.50 bits per heavy atom. The van der Waals surface area contributed by atoms with Crippen LogP contribution < -0.4 is 4.90 Å². The fourth-order valence-corrected chi connectivity index (χ4v) is 2.20. The van der Waals surface area contributed by atoms with Crippen LogP contribution in [-0.2, 0) is 9.59 Å². The van der Waals surface area contributed by atoms with E-state index in [-0.39, 0.29) is 24.7 Å². The van der Waals surface area contributed by atoms with Gasteiger partial charge in [-0.15, -0.1) is 0 Å². The fraction of sp³-hybridized carbons (Fsp3) is 0.385. The van der Waals surface area contributed by atoms with E-state index < -0.39 is 11.9 Å². The number of halogens is 1. The molecule has 4 nitrogen and oxygen atoms in total. The zero-order valence-corrected chi connectivity index (χ0v) is 10.0. The van der Waals surface area contributed by atoms with Crippen molar-refractivity contribution in [3.8, 4) is 0 Å². The number of anilines is 1. The summed E-state index contributed by atoms with van der Waals surface area (Å²) in [6.07, 6.45) is 0.582. The molecule has 2 rings (SSSR count). The van der Waals surface area contributed by atoms with Crippen LogP contribution >= 0.6 is 0 Å². The Hall–Kier alpha value is -1.91. The van der Waals surface area contributed by atoms with E-state index in [0.717, 1.165) is 0 Å². The number of carbonyl (C=O) groups is 2. The Balaban J connectivity index is 2.29. The number of nitrogens with zero attached hydrogens (tertiary/aromatic N) is 1. The minimum absolute atomic E-state index is 0.109. The van der Waals surface area contributed by atoms with Gasteiger partial charge in [0.2, 0.25) is 5.91 Å². The van der Waals surface area contributed by atoms with Crippen molar-refractivity contribution >= 4 is 17.6 Å². The molecule has 0 saturated carbocycles. The first kappa shape index (κ1) is 12.5. The maximum absolute atomic E-state index is 13.0. The summed E-state index contributed by atoms with van der Waals surface area (Å²) in [7, 11) is 0. The van der Waals surface area contributed by atoms with Crippen LogP contribution in [0.2, 0.25) is 0 Å². The molecule has 0 aromatic heterocycles. The Bertz CT molecular complexity index is 501. The third kappa shape index (κ3) is 2.34. The first-order valence-corrected chi connectivity index (χ1v) is 5.78. The Morgan fingerprint density at radius 2 is 2.22 bits per heavy atom. The number of amides is 1. The second-order valence-corrected chi connectivity index (χ2v) is 4.51. The Kier molecular flexibility index (Phi) is 3.32. The van der Waals surface area contributed by atoms with E-state index in [1.54, 1.807) is 6.92 Å². The van der Waals surface area contributed by atoms with E-state index >= 15 is 0 Å². The molecule has 1 fully saturated rings. The highest BCUT2D eigenvalue weighted by molar-refractivity contribution is 5.96. The topological polar surface area (TPSA) is 57.6 Å². The molecule has 1 saturated heterocycles. The maximum atomic E-state index is 13.0. The van der Waals surface area contributed by atoms with Crippen LogP contribution in [0.15, 0.2) is 18.2 Å². The molecule has 1 aromatic rings. The molecule has 1 amide bonds. The summed E-state index contributed by atoms with van der Waals surface area (Å²) in [6, 6.07) is 4.14. The number of benzene rings is 1. The van der Waals surface area contributed by atoms with Gasteiger partial charge in [0, 0.05) is 18.7 Å². The van der Waals surface area contributed by atoms with Gasteiger partial charge in [-0.25, -0.2) is 4.39 Å². The monoisotopic (exact) mass is 251 g/mol. The van der Waals surface area contributed by atoms with Gasteiger partial charge >= 0.3 is 5.97 Å². The van der Waals surface area contributed by atoms with Crippen LogP contribution in [0, 0.1) is 18.7 Å². The molecule has 0 spiro atoms. The quantitative estimate of drug-likeness (QED) is 0.874. The molecular formula is C13H14FNO3. The number of piperidine rings is 1. The van der Waals surface area contributed by atoms with Crippen LogP contribution in [0.5, 0.6) is 0 Å². The largest absolute Gasteiger partial charge is 0.481 e. The van der Waals surface area contributed by atoms with Crippen molar-refractivity contribution in [1.29, 1.82) is 0 Å². The number of carboxylic acids is 1. The van der Waals surface area contributed by atoms with E-state index in [9.17, 15) is 14.0 Å². The number of carbonyl (C=O) groups excluding carboxylic acids is 1. The van der Waals surface area contributed by atoms with Crippen molar-refractivity contribution in [2.24, 2.45) is 5.92 Å². The first-order valence-electron chi connectivity index (χ1n) is 5.78. The lowest BCUT2D eigenvalue weighted by Gasteiger charge is -2.31. The third-order valence-corrected chi connectivity index (χ3v) is 3.21. The first-order chi connectivity index (χ1) is 8.49. The predicted molar refractivity (Wildman–Crippen MR) is 63.8 cm³/mol. The van der Waals surface area contributed by atoms with Crippen molar-refractivity contribution in [2.75, 3.05) is 11.4 Å². The van der Waals surface area contributed by atoms with Crippen LogP contribution in [0.4, 0.5) is 10.1 Å². The lowest BCUT2D eigenvalue weighted by molar-refractivity contribution is -0.142. The number of rotatable bonds is 2. The molecule has 0 bridgehead atoms. The van der Waals surface area contributed by atoms with E-state index in [0.29, 0.717) is 17.7 Å². The number of hydrogen-bond acceptors (Lipinski definition) is 2. The molecule has 1 N–H and O–H groups in total. The van der Waals surface area contributed by atoms with Crippen LogP contribution in [0.1, 0.15) is 18.4 Å². The van der Waals surface area contributed by atoms with Gasteiger partial charge in [-0.2, -0.15) is 0 Å². The molecule has 1 aliphatic rings. The Labute approximate surface area is 104 Å². The summed E-state index contributed by atoms with van der Waals surface area (Å²) < 4.78 is 13.0. The lowest BCUT2D eigenvalue weighted by Crippen LogP contribution is -2.43. The van der Waals surface area contributed by atoms with E-state index in [4.69, 9.17) is 5.11 Å². The van der Waals surface area contributed by atoms with E-state index in [2.05, 4.69) is 0 Å². The van der Waals surface area contributed by atoms with Gasteiger partial charge < -0.3 is 10.0 Å². The molecule has 5 heteroatoms. The SMILES string of the molecule is Cc1cc(F)ccc1N1CC(C(=O)O)CCC1=O. The predicted octanol–water partition coefficient (Wildman–Crippen LogP) is 1.96. The fourth-order valence-electron chi connectivity index (χ4n) is 2.20. The van der Waals surface area contributed by atoms with E-state index in [1.165, 1.54) is 23.1 Å². The molecule has 1 unspecified atom stereocenters. The summed E-state index contributed by atoms with van der Waals surface area (Å²) in [5.41, 5.74) is 1.22. The normalized spacial score (nSPS) is 20.0. The minimum Gasteiger partial charge on any atom is -0.481 e. The molecule has 1 aliphatic heterocycles. The van der Waals surface area contributed by atoms with Gasteiger partial charge in [0.05, 0.1) is 5.92 Å². The van der Waals surface area contributed by atoms with Crippen molar-refractivity contribution in [3.63, 3.8) is 0 Å². The van der Waals surface area contributed by atoms with Crippen molar-refractivity contribution in [2.45, 2.75) is 19.8 Å². The zero-order valence-electron chi connectivity index (χ0n) is 10.0. The summed E-state index contributed by atoms with van der Waals surface area (Å²) in [5, 5.41) is 9.00. The highest BCUT2D eigenvalue weighted by Crippen LogP contribution is 2.27. The molecule has 1 heterocycles. The van der Waals surface area contributed by atoms with Crippen LogP contribution in [-0.4, -0.2) is 23.5 Å². The summed E-state index contributed by atoms with van der Waals surface area (Å²) in [6.45, 7) is 1.86. The van der Waals surface area contributed by atoms with E-state index in [1.807, 2.05) is 0 Å². The van der Waals surface area contributed by atoms with Gasteiger partial charge in [-0.1, -0.05) is 0 Å².